The Morgan fingerprint density at radius 2 is 1.79 bits per heavy atom. The van der Waals surface area contributed by atoms with E-state index in [1.807, 2.05) is 17.5 Å². The minimum absolute atomic E-state index is 0.211. The number of fused-ring (bicyclic) bond motifs is 1. The molecule has 0 aliphatic heterocycles. The Morgan fingerprint density at radius 3 is 2.54 bits per heavy atom. The van der Waals surface area contributed by atoms with E-state index in [-0.39, 0.29) is 17.2 Å². The standard InChI is InChI=1S/C22H19N3O2S/c1-12-8-13(2)19(14(3)9-12)18-11-28-22(24-18)25-21(27)17-10-15-6-4-5-7-16(15)20(26)23-17/h4-11H,1-3H3,(H,23,26)(H,24,25,27). The zero-order chi connectivity index (χ0) is 19.8. The lowest BCUT2D eigenvalue weighted by Crippen LogP contribution is -2.18. The predicted molar refractivity (Wildman–Crippen MR) is 114 cm³/mol. The summed E-state index contributed by atoms with van der Waals surface area (Å²) in [6.45, 7) is 6.19. The molecule has 1 amide bonds. The Kier molecular flexibility index (Phi) is 4.57. The molecule has 0 unspecified atom stereocenters. The first-order valence-corrected chi connectivity index (χ1v) is 9.77. The average molecular weight is 389 g/mol. The highest BCUT2D eigenvalue weighted by Crippen LogP contribution is 2.31. The van der Waals surface area contributed by atoms with Gasteiger partial charge >= 0.3 is 0 Å². The third-order valence-corrected chi connectivity index (χ3v) is 5.41. The van der Waals surface area contributed by atoms with E-state index >= 15 is 0 Å². The molecule has 0 aliphatic carbocycles. The molecule has 0 spiro atoms. The fraction of sp³-hybridized carbons (Fsp3) is 0.136. The molecule has 4 rings (SSSR count). The minimum Gasteiger partial charge on any atom is -0.317 e. The molecule has 2 N–H and O–H groups in total. The fourth-order valence-electron chi connectivity index (χ4n) is 3.53. The minimum atomic E-state index is -0.388. The van der Waals surface area contributed by atoms with Gasteiger partial charge in [-0.05, 0) is 49.4 Å². The largest absolute Gasteiger partial charge is 0.317 e. The van der Waals surface area contributed by atoms with Crippen LogP contribution in [0.25, 0.3) is 22.0 Å². The quantitative estimate of drug-likeness (QED) is 0.527. The van der Waals surface area contributed by atoms with Crippen LogP contribution in [-0.4, -0.2) is 15.9 Å². The molecule has 0 atom stereocenters. The molecule has 0 fully saturated rings. The summed E-state index contributed by atoms with van der Waals surface area (Å²) in [6, 6.07) is 13.1. The first-order chi connectivity index (χ1) is 13.4. The number of aromatic amines is 1. The molecule has 0 bridgehead atoms. The second kappa shape index (κ2) is 7.05. The Hall–Kier alpha value is -3.25. The van der Waals surface area contributed by atoms with Gasteiger partial charge in [0.25, 0.3) is 11.5 Å². The molecule has 6 heteroatoms. The van der Waals surface area contributed by atoms with Crippen LogP contribution >= 0.6 is 11.3 Å². The summed E-state index contributed by atoms with van der Waals surface area (Å²) in [5, 5.41) is 6.50. The van der Waals surface area contributed by atoms with Gasteiger partial charge in [-0.15, -0.1) is 11.3 Å². The summed E-state index contributed by atoms with van der Waals surface area (Å²) in [6.07, 6.45) is 0. The topological polar surface area (TPSA) is 74.8 Å². The van der Waals surface area contributed by atoms with Crippen molar-refractivity contribution in [2.45, 2.75) is 20.8 Å². The van der Waals surface area contributed by atoms with Gasteiger partial charge in [0.15, 0.2) is 5.13 Å². The Morgan fingerprint density at radius 1 is 1.07 bits per heavy atom. The van der Waals surface area contributed by atoms with E-state index in [0.29, 0.717) is 10.5 Å². The van der Waals surface area contributed by atoms with Gasteiger partial charge in [-0.25, -0.2) is 4.98 Å². The number of benzene rings is 2. The third-order valence-electron chi connectivity index (χ3n) is 4.66. The van der Waals surface area contributed by atoms with Gasteiger partial charge in [0.05, 0.1) is 5.69 Å². The number of hydrogen-bond acceptors (Lipinski definition) is 4. The summed E-state index contributed by atoms with van der Waals surface area (Å²) < 4.78 is 0. The van der Waals surface area contributed by atoms with Gasteiger partial charge in [-0.2, -0.15) is 0 Å². The number of nitrogens with zero attached hydrogens (tertiary/aromatic N) is 1. The number of aryl methyl sites for hydroxylation is 3. The zero-order valence-corrected chi connectivity index (χ0v) is 16.6. The first kappa shape index (κ1) is 18.1. The van der Waals surface area contributed by atoms with Crippen molar-refractivity contribution in [1.82, 2.24) is 9.97 Å². The molecular weight excluding hydrogens is 370 g/mol. The average Bonchev–Trinajstić information content (AvgIpc) is 3.08. The molecule has 0 aliphatic rings. The number of nitrogens with one attached hydrogen (secondary N) is 2. The highest BCUT2D eigenvalue weighted by Gasteiger charge is 2.14. The Bertz CT molecular complexity index is 1250. The summed E-state index contributed by atoms with van der Waals surface area (Å²) in [4.78, 5) is 32.0. The normalized spacial score (nSPS) is 11.0. The number of hydrogen-bond donors (Lipinski definition) is 2. The smallest absolute Gasteiger partial charge is 0.273 e. The van der Waals surface area contributed by atoms with Gasteiger partial charge in [0.2, 0.25) is 0 Å². The number of H-pyrrole nitrogens is 1. The van der Waals surface area contributed by atoms with Gasteiger partial charge < -0.3 is 4.98 Å². The fourth-order valence-corrected chi connectivity index (χ4v) is 4.22. The van der Waals surface area contributed by atoms with Gasteiger partial charge in [0, 0.05) is 16.3 Å². The maximum absolute atomic E-state index is 12.6. The van der Waals surface area contributed by atoms with Crippen LogP contribution in [0.5, 0.6) is 0 Å². The van der Waals surface area contributed by atoms with Crippen molar-refractivity contribution in [3.63, 3.8) is 0 Å². The first-order valence-electron chi connectivity index (χ1n) is 8.89. The number of rotatable bonds is 3. The van der Waals surface area contributed by atoms with Crippen molar-refractivity contribution in [1.29, 1.82) is 0 Å². The van der Waals surface area contributed by atoms with E-state index in [9.17, 15) is 9.59 Å². The van der Waals surface area contributed by atoms with Gasteiger partial charge in [-0.3, -0.25) is 14.9 Å². The van der Waals surface area contributed by atoms with Crippen LogP contribution in [0.15, 0.2) is 52.6 Å². The van der Waals surface area contributed by atoms with E-state index in [4.69, 9.17) is 0 Å². The number of thiazole rings is 1. The van der Waals surface area contributed by atoms with Crippen LogP contribution in [0, 0.1) is 20.8 Å². The molecule has 2 aromatic carbocycles. The third kappa shape index (κ3) is 3.34. The van der Waals surface area contributed by atoms with E-state index < -0.39 is 0 Å². The SMILES string of the molecule is Cc1cc(C)c(-c2csc(NC(=O)c3cc4ccccc4c(=O)[nH]3)n2)c(C)c1. The molecule has 2 aromatic heterocycles. The van der Waals surface area contributed by atoms with Crippen molar-refractivity contribution in [3.05, 3.63) is 80.6 Å². The lowest BCUT2D eigenvalue weighted by Gasteiger charge is -2.08. The highest BCUT2D eigenvalue weighted by atomic mass is 32.1. The Balaban J connectivity index is 1.63. The number of pyridine rings is 1. The summed E-state index contributed by atoms with van der Waals surface area (Å²) in [7, 11) is 0. The second-order valence-corrected chi connectivity index (χ2v) is 7.72. The van der Waals surface area contributed by atoms with Crippen molar-refractivity contribution in [3.8, 4) is 11.3 Å². The van der Waals surface area contributed by atoms with E-state index in [1.54, 1.807) is 18.2 Å². The highest BCUT2D eigenvalue weighted by molar-refractivity contribution is 7.14. The lowest BCUT2D eigenvalue weighted by molar-refractivity contribution is 0.102. The van der Waals surface area contributed by atoms with Crippen molar-refractivity contribution < 1.29 is 4.79 Å². The number of carbonyl (C=O) groups excluding carboxylic acids is 1. The molecule has 5 nitrogen and oxygen atoms in total. The zero-order valence-electron chi connectivity index (χ0n) is 15.8. The molecule has 0 saturated heterocycles. The van der Waals surface area contributed by atoms with Crippen LogP contribution in [-0.2, 0) is 0 Å². The molecule has 140 valence electrons. The number of anilines is 1. The van der Waals surface area contributed by atoms with Crippen LogP contribution in [0.3, 0.4) is 0 Å². The molecule has 28 heavy (non-hydrogen) atoms. The second-order valence-electron chi connectivity index (χ2n) is 6.87. The van der Waals surface area contributed by atoms with E-state index in [0.717, 1.165) is 27.8 Å². The number of amides is 1. The summed E-state index contributed by atoms with van der Waals surface area (Å²) >= 11 is 1.36. The lowest BCUT2D eigenvalue weighted by atomic mass is 9.98. The summed E-state index contributed by atoms with van der Waals surface area (Å²) in [5.41, 5.74) is 5.36. The van der Waals surface area contributed by atoms with Crippen LogP contribution in [0.4, 0.5) is 5.13 Å². The number of carbonyl (C=O) groups is 1. The number of aromatic nitrogens is 2. The Labute approximate surface area is 166 Å². The monoisotopic (exact) mass is 389 g/mol. The maximum atomic E-state index is 12.6. The van der Waals surface area contributed by atoms with Crippen LogP contribution in [0.1, 0.15) is 27.2 Å². The predicted octanol–water partition coefficient (Wildman–Crippen LogP) is 4.83. The van der Waals surface area contributed by atoms with Crippen molar-refractivity contribution in [2.24, 2.45) is 0 Å². The van der Waals surface area contributed by atoms with Crippen molar-refractivity contribution in [2.75, 3.05) is 5.32 Å². The molecule has 0 saturated carbocycles. The van der Waals surface area contributed by atoms with Crippen LogP contribution in [0.2, 0.25) is 0 Å². The maximum Gasteiger partial charge on any atom is 0.273 e. The van der Waals surface area contributed by atoms with Gasteiger partial charge in [0.1, 0.15) is 5.69 Å². The van der Waals surface area contributed by atoms with Crippen LogP contribution < -0.4 is 10.9 Å². The van der Waals surface area contributed by atoms with Gasteiger partial charge in [-0.1, -0.05) is 35.9 Å². The van der Waals surface area contributed by atoms with E-state index in [1.165, 1.54) is 16.9 Å². The molecule has 0 radical (unpaired) electrons. The van der Waals surface area contributed by atoms with Crippen molar-refractivity contribution >= 4 is 33.1 Å². The molecular formula is C22H19N3O2S. The summed E-state index contributed by atoms with van der Waals surface area (Å²) in [5.74, 6) is -0.388. The molecule has 4 aromatic rings. The van der Waals surface area contributed by atoms with E-state index in [2.05, 4.69) is 48.2 Å². The molecule has 2 heterocycles.